The van der Waals surface area contributed by atoms with E-state index in [9.17, 15) is 0 Å². The molecule has 0 saturated heterocycles. The molecule has 4 aromatic carbocycles. The van der Waals surface area contributed by atoms with Gasteiger partial charge in [0.1, 0.15) is 0 Å². The Bertz CT molecular complexity index is 1160. The normalized spacial score (nSPS) is 11.5. The fourth-order valence-corrected chi connectivity index (χ4v) is 3.40. The lowest BCUT2D eigenvalue weighted by Crippen LogP contribution is -1.78. The van der Waals surface area contributed by atoms with Gasteiger partial charge in [0.2, 0.25) is 0 Å². The third-order valence-electron chi connectivity index (χ3n) is 4.59. The van der Waals surface area contributed by atoms with Gasteiger partial charge in [-0.1, -0.05) is 66.7 Å². The molecule has 108 valence electrons. The van der Waals surface area contributed by atoms with E-state index in [2.05, 4.69) is 89.9 Å². The summed E-state index contributed by atoms with van der Waals surface area (Å²) in [5, 5.41) is 6.41. The van der Waals surface area contributed by atoms with E-state index >= 15 is 0 Å². The predicted molar refractivity (Wildman–Crippen MR) is 98.7 cm³/mol. The Labute approximate surface area is 134 Å². The van der Waals surface area contributed by atoms with E-state index in [1.165, 1.54) is 43.7 Å². The summed E-state index contributed by atoms with van der Waals surface area (Å²) in [5.74, 6) is 0. The van der Waals surface area contributed by atoms with Crippen molar-refractivity contribution in [3.05, 3.63) is 84.9 Å². The standard InChI is InChI=1S/C22H15N/c1-2-7-17-13-18(10-9-15(17)5-1)22-14-20-19-8-4-3-6-16(19)11-12-21(20)23-22/h1-14,23H. The zero-order valence-electron chi connectivity index (χ0n) is 12.6. The minimum absolute atomic E-state index is 1.17. The van der Waals surface area contributed by atoms with Crippen LogP contribution in [0.3, 0.4) is 0 Å². The third-order valence-corrected chi connectivity index (χ3v) is 4.59. The number of nitrogens with one attached hydrogen (secondary N) is 1. The molecule has 1 nitrogen and oxygen atoms in total. The van der Waals surface area contributed by atoms with Crippen molar-refractivity contribution in [3.8, 4) is 11.3 Å². The summed E-state index contributed by atoms with van der Waals surface area (Å²) in [6.07, 6.45) is 0. The average molecular weight is 293 g/mol. The summed E-state index contributed by atoms with van der Waals surface area (Å²) >= 11 is 0. The van der Waals surface area contributed by atoms with Gasteiger partial charge in [0.05, 0.1) is 0 Å². The van der Waals surface area contributed by atoms with E-state index < -0.39 is 0 Å². The maximum absolute atomic E-state index is 3.57. The van der Waals surface area contributed by atoms with Crippen molar-refractivity contribution in [1.29, 1.82) is 0 Å². The molecule has 0 atom stereocenters. The van der Waals surface area contributed by atoms with Gasteiger partial charge in [0, 0.05) is 16.6 Å². The molecule has 0 unspecified atom stereocenters. The van der Waals surface area contributed by atoms with Crippen LogP contribution < -0.4 is 0 Å². The van der Waals surface area contributed by atoms with Gasteiger partial charge >= 0.3 is 0 Å². The molecule has 0 bridgehead atoms. The van der Waals surface area contributed by atoms with E-state index in [0.717, 1.165) is 0 Å². The van der Waals surface area contributed by atoms with Crippen molar-refractivity contribution in [2.75, 3.05) is 0 Å². The number of fused-ring (bicyclic) bond motifs is 4. The van der Waals surface area contributed by atoms with Crippen LogP contribution >= 0.6 is 0 Å². The summed E-state index contributed by atoms with van der Waals surface area (Å²) < 4.78 is 0. The van der Waals surface area contributed by atoms with Gasteiger partial charge in [-0.15, -0.1) is 0 Å². The van der Waals surface area contributed by atoms with Crippen LogP contribution in [0.2, 0.25) is 0 Å². The molecule has 0 fully saturated rings. The Kier molecular flexibility index (Phi) is 2.56. The number of rotatable bonds is 1. The van der Waals surface area contributed by atoms with Gasteiger partial charge in [-0.3, -0.25) is 0 Å². The van der Waals surface area contributed by atoms with Crippen molar-refractivity contribution < 1.29 is 0 Å². The van der Waals surface area contributed by atoms with Gasteiger partial charge in [0.25, 0.3) is 0 Å². The third kappa shape index (κ3) is 1.94. The topological polar surface area (TPSA) is 15.8 Å². The highest BCUT2D eigenvalue weighted by atomic mass is 14.7. The first-order valence-electron chi connectivity index (χ1n) is 7.88. The molecular weight excluding hydrogens is 278 g/mol. The molecule has 0 aliphatic rings. The molecule has 5 rings (SSSR count). The van der Waals surface area contributed by atoms with E-state index in [1.54, 1.807) is 0 Å². The van der Waals surface area contributed by atoms with Crippen LogP contribution in [0, 0.1) is 0 Å². The highest BCUT2D eigenvalue weighted by Crippen LogP contribution is 2.31. The van der Waals surface area contributed by atoms with Crippen LogP contribution in [0.25, 0.3) is 43.7 Å². The van der Waals surface area contributed by atoms with Crippen molar-refractivity contribution in [2.24, 2.45) is 0 Å². The maximum Gasteiger partial charge on any atom is 0.0465 e. The number of hydrogen-bond donors (Lipinski definition) is 1. The zero-order valence-corrected chi connectivity index (χ0v) is 12.6. The number of hydrogen-bond acceptors (Lipinski definition) is 0. The molecule has 0 aliphatic carbocycles. The summed E-state index contributed by atoms with van der Waals surface area (Å²) in [5.41, 5.74) is 3.58. The number of aromatic nitrogens is 1. The molecule has 0 amide bonds. The lowest BCUT2D eigenvalue weighted by atomic mass is 10.0. The molecule has 1 N–H and O–H groups in total. The minimum atomic E-state index is 1.17. The Hall–Kier alpha value is -3.06. The Morgan fingerprint density at radius 3 is 2.17 bits per heavy atom. The van der Waals surface area contributed by atoms with E-state index in [0.29, 0.717) is 0 Å². The summed E-state index contributed by atoms with van der Waals surface area (Å²) in [4.78, 5) is 3.57. The first-order chi connectivity index (χ1) is 11.4. The largest absolute Gasteiger partial charge is 0.355 e. The monoisotopic (exact) mass is 293 g/mol. The molecule has 23 heavy (non-hydrogen) atoms. The quantitative estimate of drug-likeness (QED) is 0.382. The second-order valence-electron chi connectivity index (χ2n) is 5.99. The van der Waals surface area contributed by atoms with Crippen molar-refractivity contribution in [2.45, 2.75) is 0 Å². The van der Waals surface area contributed by atoms with Crippen molar-refractivity contribution >= 4 is 32.4 Å². The van der Waals surface area contributed by atoms with Crippen LogP contribution in [-0.2, 0) is 0 Å². The summed E-state index contributed by atoms with van der Waals surface area (Å²) in [7, 11) is 0. The highest BCUT2D eigenvalue weighted by molar-refractivity contribution is 6.08. The molecule has 0 aliphatic heterocycles. The summed E-state index contributed by atoms with van der Waals surface area (Å²) in [6.45, 7) is 0. The van der Waals surface area contributed by atoms with Crippen LogP contribution in [0.4, 0.5) is 0 Å². The Morgan fingerprint density at radius 1 is 0.522 bits per heavy atom. The number of benzene rings is 4. The molecule has 1 heterocycles. The molecule has 0 saturated carbocycles. The van der Waals surface area contributed by atoms with Gasteiger partial charge < -0.3 is 4.98 Å². The van der Waals surface area contributed by atoms with Gasteiger partial charge in [-0.05, 0) is 45.3 Å². The van der Waals surface area contributed by atoms with E-state index in [-0.39, 0.29) is 0 Å². The van der Waals surface area contributed by atoms with Crippen LogP contribution in [0.1, 0.15) is 0 Å². The Morgan fingerprint density at radius 2 is 1.26 bits per heavy atom. The second kappa shape index (κ2) is 4.72. The highest BCUT2D eigenvalue weighted by Gasteiger charge is 2.07. The van der Waals surface area contributed by atoms with E-state index in [1.807, 2.05) is 0 Å². The fourth-order valence-electron chi connectivity index (χ4n) is 3.40. The average Bonchev–Trinajstić information content (AvgIpc) is 3.06. The molecular formula is C22H15N. The van der Waals surface area contributed by atoms with E-state index in [4.69, 9.17) is 0 Å². The first-order valence-corrected chi connectivity index (χ1v) is 7.88. The second-order valence-corrected chi connectivity index (χ2v) is 5.99. The van der Waals surface area contributed by atoms with Gasteiger partial charge in [-0.25, -0.2) is 0 Å². The van der Waals surface area contributed by atoms with Crippen LogP contribution in [0.5, 0.6) is 0 Å². The zero-order chi connectivity index (χ0) is 15.2. The minimum Gasteiger partial charge on any atom is -0.355 e. The molecule has 0 spiro atoms. The van der Waals surface area contributed by atoms with Crippen LogP contribution in [-0.4, -0.2) is 4.98 Å². The number of aromatic amines is 1. The number of H-pyrrole nitrogens is 1. The molecule has 0 radical (unpaired) electrons. The maximum atomic E-state index is 3.57. The summed E-state index contributed by atoms with van der Waals surface area (Å²) in [6, 6.07) is 30.3. The van der Waals surface area contributed by atoms with Crippen molar-refractivity contribution in [1.82, 2.24) is 4.98 Å². The predicted octanol–water partition coefficient (Wildman–Crippen LogP) is 6.14. The van der Waals surface area contributed by atoms with Crippen molar-refractivity contribution in [3.63, 3.8) is 0 Å². The molecule has 5 aromatic rings. The lowest BCUT2D eigenvalue weighted by molar-refractivity contribution is 1.46. The smallest absolute Gasteiger partial charge is 0.0465 e. The van der Waals surface area contributed by atoms with Gasteiger partial charge in [-0.2, -0.15) is 0 Å². The van der Waals surface area contributed by atoms with Crippen LogP contribution in [0.15, 0.2) is 84.9 Å². The Balaban J connectivity index is 1.76. The molecule has 1 aromatic heterocycles. The molecule has 1 heteroatoms. The van der Waals surface area contributed by atoms with Gasteiger partial charge in [0.15, 0.2) is 0 Å². The SMILES string of the molecule is c1ccc2cc(-c3cc4c(ccc5ccccc54)[nH]3)ccc2c1. The lowest BCUT2D eigenvalue weighted by Gasteiger charge is -2.01. The fraction of sp³-hybridized carbons (Fsp3) is 0. The first kappa shape index (κ1) is 12.5.